The molecule has 0 unspecified atom stereocenters. The van der Waals surface area contributed by atoms with Crippen LogP contribution in [0, 0.1) is 0 Å². The number of phenols is 1. The quantitative estimate of drug-likeness (QED) is 0.745. The molecule has 1 aromatic carbocycles. The lowest BCUT2D eigenvalue weighted by molar-refractivity contribution is 0.149. The van der Waals surface area contributed by atoms with Gasteiger partial charge in [-0.05, 0) is 50.6 Å². The van der Waals surface area contributed by atoms with Crippen molar-refractivity contribution in [2.24, 2.45) is 0 Å². The van der Waals surface area contributed by atoms with Crippen molar-refractivity contribution in [3.63, 3.8) is 0 Å². The Labute approximate surface area is 84.8 Å². The maximum Gasteiger partial charge on any atom is 0.124 e. The van der Waals surface area contributed by atoms with E-state index in [0.29, 0.717) is 0 Å². The zero-order chi connectivity index (χ0) is 10.8. The maximum absolute atomic E-state index is 9.09. The van der Waals surface area contributed by atoms with E-state index in [9.17, 15) is 0 Å². The third-order valence-corrected chi connectivity index (χ3v) is 2.24. The average molecular weight is 192 g/mol. The number of hydrogen-bond acceptors (Lipinski definition) is 2. The Morgan fingerprint density at radius 1 is 1.29 bits per heavy atom. The summed E-state index contributed by atoms with van der Waals surface area (Å²) in [5.41, 5.74) is 0.585. The predicted octanol–water partition coefficient (Wildman–Crippen LogP) is 3.13. The first-order valence-corrected chi connectivity index (χ1v) is 4.56. The number of ether oxygens (including phenoxy) is 1. The molecule has 0 spiro atoms. The van der Waals surface area contributed by atoms with Gasteiger partial charge in [-0.1, -0.05) is 6.58 Å². The van der Waals surface area contributed by atoms with Crippen LogP contribution in [0.5, 0.6) is 11.5 Å². The van der Waals surface area contributed by atoms with Gasteiger partial charge in [0, 0.05) is 0 Å². The van der Waals surface area contributed by atoms with Crippen LogP contribution in [-0.4, -0.2) is 10.7 Å². The van der Waals surface area contributed by atoms with Gasteiger partial charge in [0.15, 0.2) is 0 Å². The summed E-state index contributed by atoms with van der Waals surface area (Å²) in [7, 11) is 0. The van der Waals surface area contributed by atoms with Crippen molar-refractivity contribution in [2.45, 2.75) is 26.4 Å². The number of aromatic hydroxyl groups is 1. The molecule has 1 rings (SSSR count). The monoisotopic (exact) mass is 192 g/mol. The van der Waals surface area contributed by atoms with Crippen LogP contribution in [0.4, 0.5) is 0 Å². The Kier molecular flexibility index (Phi) is 2.84. The Morgan fingerprint density at radius 2 is 1.79 bits per heavy atom. The summed E-state index contributed by atoms with van der Waals surface area (Å²) < 4.78 is 5.71. The largest absolute Gasteiger partial charge is 0.508 e. The molecule has 0 aliphatic rings. The number of hydrogen-bond donors (Lipinski definition) is 1. The first-order valence-electron chi connectivity index (χ1n) is 4.56. The van der Waals surface area contributed by atoms with Crippen molar-refractivity contribution in [1.82, 2.24) is 0 Å². The summed E-state index contributed by atoms with van der Waals surface area (Å²) in [6.45, 7) is 9.72. The number of benzene rings is 1. The van der Waals surface area contributed by atoms with Crippen LogP contribution in [0.15, 0.2) is 36.4 Å². The molecule has 0 aliphatic carbocycles. The standard InChI is InChI=1S/C12H16O2/c1-9(2)12(3,4)14-11-7-5-10(13)6-8-11/h5-8,13H,1H2,2-4H3. The van der Waals surface area contributed by atoms with E-state index in [-0.39, 0.29) is 11.4 Å². The second-order valence-electron chi connectivity index (χ2n) is 3.89. The highest BCUT2D eigenvalue weighted by atomic mass is 16.5. The van der Waals surface area contributed by atoms with E-state index in [1.54, 1.807) is 24.3 Å². The van der Waals surface area contributed by atoms with E-state index in [1.165, 1.54) is 0 Å². The zero-order valence-electron chi connectivity index (χ0n) is 8.87. The molecule has 0 saturated heterocycles. The number of rotatable bonds is 3. The molecule has 0 heterocycles. The smallest absolute Gasteiger partial charge is 0.124 e. The molecule has 76 valence electrons. The van der Waals surface area contributed by atoms with Gasteiger partial charge in [-0.2, -0.15) is 0 Å². The molecule has 0 radical (unpaired) electrons. The molecule has 14 heavy (non-hydrogen) atoms. The van der Waals surface area contributed by atoms with Gasteiger partial charge in [-0.25, -0.2) is 0 Å². The minimum Gasteiger partial charge on any atom is -0.508 e. The molecule has 0 fully saturated rings. The van der Waals surface area contributed by atoms with Crippen molar-refractivity contribution < 1.29 is 9.84 Å². The molecule has 1 aromatic rings. The van der Waals surface area contributed by atoms with Crippen LogP contribution < -0.4 is 4.74 Å². The normalized spacial score (nSPS) is 11.1. The lowest BCUT2D eigenvalue weighted by atomic mass is 10.0. The summed E-state index contributed by atoms with van der Waals surface area (Å²) in [5.74, 6) is 0.973. The highest BCUT2D eigenvalue weighted by Gasteiger charge is 2.20. The van der Waals surface area contributed by atoms with Gasteiger partial charge in [0.05, 0.1) is 0 Å². The maximum atomic E-state index is 9.09. The third-order valence-electron chi connectivity index (χ3n) is 2.24. The van der Waals surface area contributed by atoms with Crippen molar-refractivity contribution in [1.29, 1.82) is 0 Å². The molecule has 0 atom stereocenters. The minimum atomic E-state index is -0.378. The van der Waals surface area contributed by atoms with E-state index in [0.717, 1.165) is 11.3 Å². The van der Waals surface area contributed by atoms with Crippen LogP contribution >= 0.6 is 0 Å². The summed E-state index contributed by atoms with van der Waals surface area (Å²) in [5, 5.41) is 9.09. The van der Waals surface area contributed by atoms with Crippen LogP contribution in [0.1, 0.15) is 20.8 Å². The highest BCUT2D eigenvalue weighted by Crippen LogP contribution is 2.24. The van der Waals surface area contributed by atoms with Gasteiger partial charge >= 0.3 is 0 Å². The molecule has 0 amide bonds. The molecule has 0 bridgehead atoms. The Hall–Kier alpha value is -1.44. The van der Waals surface area contributed by atoms with Gasteiger partial charge < -0.3 is 9.84 Å². The lowest BCUT2D eigenvalue weighted by Crippen LogP contribution is -2.28. The zero-order valence-corrected chi connectivity index (χ0v) is 8.87. The third kappa shape index (κ3) is 2.52. The molecule has 2 heteroatoms. The molecule has 0 saturated carbocycles. The van der Waals surface area contributed by atoms with Crippen LogP contribution in [0.25, 0.3) is 0 Å². The Balaban J connectivity index is 2.79. The van der Waals surface area contributed by atoms with E-state index in [1.807, 2.05) is 20.8 Å². The molecular weight excluding hydrogens is 176 g/mol. The van der Waals surface area contributed by atoms with Gasteiger partial charge in [0.25, 0.3) is 0 Å². The highest BCUT2D eigenvalue weighted by molar-refractivity contribution is 5.31. The topological polar surface area (TPSA) is 29.5 Å². The summed E-state index contributed by atoms with van der Waals surface area (Å²) in [6.07, 6.45) is 0. The van der Waals surface area contributed by atoms with E-state index in [2.05, 4.69) is 6.58 Å². The molecule has 0 aliphatic heterocycles. The van der Waals surface area contributed by atoms with Gasteiger partial charge in [-0.15, -0.1) is 0 Å². The molecule has 0 aromatic heterocycles. The Morgan fingerprint density at radius 3 is 2.21 bits per heavy atom. The van der Waals surface area contributed by atoms with E-state index in [4.69, 9.17) is 9.84 Å². The van der Waals surface area contributed by atoms with Crippen LogP contribution in [0.2, 0.25) is 0 Å². The van der Waals surface area contributed by atoms with Crippen molar-refractivity contribution in [2.75, 3.05) is 0 Å². The first-order chi connectivity index (χ1) is 6.42. The fraction of sp³-hybridized carbons (Fsp3) is 0.333. The van der Waals surface area contributed by atoms with Gasteiger partial charge in [0.1, 0.15) is 17.1 Å². The van der Waals surface area contributed by atoms with Crippen LogP contribution in [0.3, 0.4) is 0 Å². The predicted molar refractivity (Wildman–Crippen MR) is 57.6 cm³/mol. The van der Waals surface area contributed by atoms with Crippen molar-refractivity contribution in [3.8, 4) is 11.5 Å². The summed E-state index contributed by atoms with van der Waals surface area (Å²) >= 11 is 0. The second-order valence-corrected chi connectivity index (χ2v) is 3.89. The summed E-state index contributed by atoms with van der Waals surface area (Å²) in [6, 6.07) is 6.67. The SMILES string of the molecule is C=C(C)C(C)(C)Oc1ccc(O)cc1. The summed E-state index contributed by atoms with van der Waals surface area (Å²) in [4.78, 5) is 0. The van der Waals surface area contributed by atoms with Crippen molar-refractivity contribution in [3.05, 3.63) is 36.4 Å². The molecule has 1 N–H and O–H groups in total. The first kappa shape index (κ1) is 10.6. The minimum absolute atomic E-state index is 0.241. The van der Waals surface area contributed by atoms with E-state index < -0.39 is 0 Å². The Bertz CT molecular complexity index is 323. The fourth-order valence-electron chi connectivity index (χ4n) is 0.896. The van der Waals surface area contributed by atoms with Gasteiger partial charge in [0.2, 0.25) is 0 Å². The fourth-order valence-corrected chi connectivity index (χ4v) is 0.896. The number of phenolic OH excluding ortho intramolecular Hbond substituents is 1. The lowest BCUT2D eigenvalue weighted by Gasteiger charge is -2.26. The molecular formula is C12H16O2. The van der Waals surface area contributed by atoms with Gasteiger partial charge in [-0.3, -0.25) is 0 Å². The van der Waals surface area contributed by atoms with Crippen molar-refractivity contribution >= 4 is 0 Å². The second kappa shape index (κ2) is 3.74. The van der Waals surface area contributed by atoms with E-state index >= 15 is 0 Å². The molecule has 2 nitrogen and oxygen atoms in total. The van der Waals surface area contributed by atoms with Crippen LogP contribution in [-0.2, 0) is 0 Å². The average Bonchev–Trinajstić information content (AvgIpc) is 2.08.